The van der Waals surface area contributed by atoms with Crippen LogP contribution in [-0.4, -0.2) is 4.98 Å². The number of pyridine rings is 1. The van der Waals surface area contributed by atoms with Gasteiger partial charge < -0.3 is 0 Å². The van der Waals surface area contributed by atoms with Crippen LogP contribution >= 0.6 is 0 Å². The van der Waals surface area contributed by atoms with Crippen LogP contribution in [0, 0.1) is 18.6 Å². The summed E-state index contributed by atoms with van der Waals surface area (Å²) in [6, 6.07) is 4.47. The van der Waals surface area contributed by atoms with Crippen molar-refractivity contribution in [2.45, 2.75) is 13.0 Å². The molecule has 5 heteroatoms. The molecule has 1 aromatic heterocycles. The van der Waals surface area contributed by atoms with Crippen LogP contribution in [0.2, 0.25) is 0 Å². The van der Waals surface area contributed by atoms with E-state index in [1.54, 1.807) is 12.4 Å². The van der Waals surface area contributed by atoms with E-state index in [4.69, 9.17) is 5.84 Å². The summed E-state index contributed by atoms with van der Waals surface area (Å²) in [6.07, 6.45) is 3.25. The van der Waals surface area contributed by atoms with Gasteiger partial charge in [-0.3, -0.25) is 10.8 Å². The molecule has 1 atom stereocenters. The minimum atomic E-state index is -0.631. The van der Waals surface area contributed by atoms with Gasteiger partial charge in [-0.25, -0.2) is 14.2 Å². The second-order valence-corrected chi connectivity index (χ2v) is 4.06. The summed E-state index contributed by atoms with van der Waals surface area (Å²) in [7, 11) is 0. The number of hydrazine groups is 1. The number of hydrogen-bond acceptors (Lipinski definition) is 3. The first-order valence-corrected chi connectivity index (χ1v) is 5.44. The third kappa shape index (κ3) is 2.52. The van der Waals surface area contributed by atoms with Gasteiger partial charge in [-0.1, -0.05) is 6.07 Å². The van der Waals surface area contributed by atoms with Gasteiger partial charge in [-0.2, -0.15) is 0 Å². The van der Waals surface area contributed by atoms with Gasteiger partial charge in [0.2, 0.25) is 0 Å². The molecule has 1 heterocycles. The minimum absolute atomic E-state index is 0.157. The van der Waals surface area contributed by atoms with Crippen molar-refractivity contribution >= 4 is 0 Å². The quantitative estimate of drug-likeness (QED) is 0.647. The van der Waals surface area contributed by atoms with E-state index in [0.29, 0.717) is 5.56 Å². The number of aromatic nitrogens is 1. The van der Waals surface area contributed by atoms with Crippen molar-refractivity contribution in [1.82, 2.24) is 10.4 Å². The molecule has 94 valence electrons. The summed E-state index contributed by atoms with van der Waals surface area (Å²) >= 11 is 0. The standard InChI is InChI=1S/C13H13F2N3/c1-8-4-9(7-17-6-8)13(18-16)11-5-10(14)2-3-12(11)15/h2-7,13,18H,16H2,1H3. The van der Waals surface area contributed by atoms with Gasteiger partial charge in [0.15, 0.2) is 0 Å². The van der Waals surface area contributed by atoms with Crippen LogP contribution in [0.15, 0.2) is 36.7 Å². The molecular formula is C13H13F2N3. The molecular weight excluding hydrogens is 236 g/mol. The van der Waals surface area contributed by atoms with Crippen molar-refractivity contribution in [2.75, 3.05) is 0 Å². The van der Waals surface area contributed by atoms with E-state index in [2.05, 4.69) is 10.4 Å². The summed E-state index contributed by atoms with van der Waals surface area (Å²) in [5.74, 6) is 4.42. The Balaban J connectivity index is 2.48. The number of nitrogens with two attached hydrogens (primary N) is 1. The maximum absolute atomic E-state index is 13.7. The molecule has 0 radical (unpaired) electrons. The molecule has 18 heavy (non-hydrogen) atoms. The summed E-state index contributed by atoms with van der Waals surface area (Å²) in [4.78, 5) is 4.02. The van der Waals surface area contributed by atoms with Gasteiger partial charge >= 0.3 is 0 Å². The van der Waals surface area contributed by atoms with Crippen LogP contribution in [0.5, 0.6) is 0 Å². The summed E-state index contributed by atoms with van der Waals surface area (Å²) in [5, 5.41) is 0. The van der Waals surface area contributed by atoms with Crippen LogP contribution in [0.4, 0.5) is 8.78 Å². The molecule has 0 aliphatic heterocycles. The molecule has 1 unspecified atom stereocenters. The molecule has 0 saturated heterocycles. The maximum Gasteiger partial charge on any atom is 0.128 e. The second-order valence-electron chi connectivity index (χ2n) is 4.06. The first kappa shape index (κ1) is 12.6. The van der Waals surface area contributed by atoms with Gasteiger partial charge in [-0.15, -0.1) is 0 Å². The number of nitrogens with one attached hydrogen (secondary N) is 1. The third-order valence-corrected chi connectivity index (χ3v) is 2.67. The molecule has 3 nitrogen and oxygen atoms in total. The number of benzene rings is 1. The molecule has 0 saturated carbocycles. The number of nitrogens with zero attached hydrogens (tertiary/aromatic N) is 1. The van der Waals surface area contributed by atoms with E-state index < -0.39 is 17.7 Å². The average molecular weight is 249 g/mol. The Hall–Kier alpha value is -1.85. The number of aryl methyl sites for hydroxylation is 1. The fraction of sp³-hybridized carbons (Fsp3) is 0.154. The van der Waals surface area contributed by atoms with Crippen LogP contribution in [0.3, 0.4) is 0 Å². The zero-order chi connectivity index (χ0) is 13.1. The monoisotopic (exact) mass is 249 g/mol. The SMILES string of the molecule is Cc1cncc(C(NN)c2cc(F)ccc2F)c1. The molecule has 0 amide bonds. The van der Waals surface area contributed by atoms with Gasteiger partial charge in [0, 0.05) is 18.0 Å². The Morgan fingerprint density at radius 2 is 2.00 bits per heavy atom. The summed E-state index contributed by atoms with van der Waals surface area (Å²) < 4.78 is 26.9. The largest absolute Gasteiger partial charge is 0.271 e. The lowest BCUT2D eigenvalue weighted by Crippen LogP contribution is -2.29. The minimum Gasteiger partial charge on any atom is -0.271 e. The number of hydrogen-bond donors (Lipinski definition) is 2. The van der Waals surface area contributed by atoms with E-state index in [0.717, 1.165) is 23.8 Å². The van der Waals surface area contributed by atoms with E-state index >= 15 is 0 Å². The van der Waals surface area contributed by atoms with Crippen LogP contribution in [0.1, 0.15) is 22.7 Å². The number of rotatable bonds is 3. The molecule has 0 bridgehead atoms. The van der Waals surface area contributed by atoms with Crippen molar-refractivity contribution < 1.29 is 8.78 Å². The molecule has 0 spiro atoms. The van der Waals surface area contributed by atoms with Crippen molar-refractivity contribution in [1.29, 1.82) is 0 Å². The van der Waals surface area contributed by atoms with E-state index in [9.17, 15) is 8.78 Å². The zero-order valence-electron chi connectivity index (χ0n) is 9.82. The normalized spacial score (nSPS) is 12.4. The smallest absolute Gasteiger partial charge is 0.128 e. The van der Waals surface area contributed by atoms with Crippen molar-refractivity contribution in [2.24, 2.45) is 5.84 Å². The summed E-state index contributed by atoms with van der Waals surface area (Å²) in [5.41, 5.74) is 4.24. The van der Waals surface area contributed by atoms with Gasteiger partial charge in [-0.05, 0) is 36.2 Å². The molecule has 0 fully saturated rings. The third-order valence-electron chi connectivity index (χ3n) is 2.67. The molecule has 0 aliphatic rings. The van der Waals surface area contributed by atoms with E-state index in [-0.39, 0.29) is 5.56 Å². The first-order valence-electron chi connectivity index (χ1n) is 5.44. The fourth-order valence-corrected chi connectivity index (χ4v) is 1.84. The lowest BCUT2D eigenvalue weighted by atomic mass is 9.99. The topological polar surface area (TPSA) is 50.9 Å². The highest BCUT2D eigenvalue weighted by molar-refractivity contribution is 5.32. The van der Waals surface area contributed by atoms with Crippen LogP contribution < -0.4 is 11.3 Å². The average Bonchev–Trinajstić information content (AvgIpc) is 2.35. The molecule has 3 N–H and O–H groups in total. The molecule has 2 aromatic rings. The lowest BCUT2D eigenvalue weighted by molar-refractivity contribution is 0.545. The lowest BCUT2D eigenvalue weighted by Gasteiger charge is -2.17. The van der Waals surface area contributed by atoms with Crippen LogP contribution in [0.25, 0.3) is 0 Å². The van der Waals surface area contributed by atoms with E-state index in [1.165, 1.54) is 0 Å². The van der Waals surface area contributed by atoms with Crippen LogP contribution in [-0.2, 0) is 0 Å². The maximum atomic E-state index is 13.7. The predicted molar refractivity (Wildman–Crippen MR) is 64.5 cm³/mol. The van der Waals surface area contributed by atoms with Gasteiger partial charge in [0.25, 0.3) is 0 Å². The van der Waals surface area contributed by atoms with E-state index in [1.807, 2.05) is 13.0 Å². The molecule has 0 aliphatic carbocycles. The van der Waals surface area contributed by atoms with Gasteiger partial charge in [0.05, 0.1) is 6.04 Å². The Kier molecular flexibility index (Phi) is 3.64. The zero-order valence-corrected chi connectivity index (χ0v) is 9.82. The Labute approximate surface area is 104 Å². The highest BCUT2D eigenvalue weighted by Crippen LogP contribution is 2.24. The number of halogens is 2. The highest BCUT2D eigenvalue weighted by atomic mass is 19.1. The predicted octanol–water partition coefficient (Wildman–Crippen LogP) is 2.22. The van der Waals surface area contributed by atoms with Crippen molar-refractivity contribution in [3.63, 3.8) is 0 Å². The van der Waals surface area contributed by atoms with Gasteiger partial charge in [0.1, 0.15) is 11.6 Å². The van der Waals surface area contributed by atoms with Crippen molar-refractivity contribution in [3.8, 4) is 0 Å². The Bertz CT molecular complexity index is 558. The second kappa shape index (κ2) is 5.20. The molecule has 1 aromatic carbocycles. The summed E-state index contributed by atoms with van der Waals surface area (Å²) in [6.45, 7) is 1.87. The highest BCUT2D eigenvalue weighted by Gasteiger charge is 2.17. The fourth-order valence-electron chi connectivity index (χ4n) is 1.84. The van der Waals surface area contributed by atoms with Crippen molar-refractivity contribution in [3.05, 3.63) is 65.0 Å². The Morgan fingerprint density at radius 1 is 1.22 bits per heavy atom. The first-order chi connectivity index (χ1) is 8.61. The Morgan fingerprint density at radius 3 is 2.67 bits per heavy atom. The molecule has 2 rings (SSSR count).